The predicted molar refractivity (Wildman–Crippen MR) is 77.7 cm³/mol. The summed E-state index contributed by atoms with van der Waals surface area (Å²) in [5.41, 5.74) is 4.60. The van der Waals surface area contributed by atoms with E-state index in [1.165, 1.54) is 0 Å². The zero-order valence-electron chi connectivity index (χ0n) is 10.8. The fourth-order valence-electron chi connectivity index (χ4n) is 2.63. The molecule has 20 heavy (non-hydrogen) atoms. The van der Waals surface area contributed by atoms with Gasteiger partial charge in [-0.2, -0.15) is 0 Å². The van der Waals surface area contributed by atoms with E-state index in [9.17, 15) is 4.39 Å². The third-order valence-corrected chi connectivity index (χ3v) is 3.76. The number of alkyl halides is 1. The molecule has 1 aromatic carbocycles. The predicted octanol–water partition coefficient (Wildman–Crippen LogP) is 2.63. The van der Waals surface area contributed by atoms with Crippen LogP contribution in [0.15, 0.2) is 36.5 Å². The molecule has 0 atom stereocenters. The highest BCUT2D eigenvalue weighted by molar-refractivity contribution is 5.82. The quantitative estimate of drug-likeness (QED) is 0.630. The first kappa shape index (κ1) is 11.3. The summed E-state index contributed by atoms with van der Waals surface area (Å²) >= 11 is 0. The number of nitrogens with zero attached hydrogens (tertiary/aromatic N) is 3. The largest absolute Gasteiger partial charge is 0.365 e. The first-order valence-corrected chi connectivity index (χ1v) is 6.52. The van der Waals surface area contributed by atoms with Crippen molar-refractivity contribution in [1.29, 1.82) is 0 Å². The van der Waals surface area contributed by atoms with Gasteiger partial charge in [-0.05, 0) is 24.3 Å². The van der Waals surface area contributed by atoms with Gasteiger partial charge in [-0.3, -0.25) is 4.40 Å². The molecule has 1 fully saturated rings. The zero-order valence-corrected chi connectivity index (χ0v) is 10.8. The van der Waals surface area contributed by atoms with Gasteiger partial charge in [-0.15, -0.1) is 6.42 Å². The number of hydrogen-bond donors (Lipinski definition) is 0. The van der Waals surface area contributed by atoms with Crippen LogP contribution in [0.4, 0.5) is 10.1 Å². The van der Waals surface area contributed by atoms with E-state index in [0.717, 1.165) is 27.9 Å². The molecule has 1 aliphatic rings. The topological polar surface area (TPSA) is 20.5 Å². The summed E-state index contributed by atoms with van der Waals surface area (Å²) in [7, 11) is 0. The van der Waals surface area contributed by atoms with E-state index in [2.05, 4.69) is 10.9 Å². The second-order valence-electron chi connectivity index (χ2n) is 5.08. The summed E-state index contributed by atoms with van der Waals surface area (Å²) in [6.45, 7) is 0.940. The van der Waals surface area contributed by atoms with Crippen LogP contribution >= 0.6 is 0 Å². The lowest BCUT2D eigenvalue weighted by molar-refractivity contribution is 0.275. The molecule has 0 radical (unpaired) electrons. The summed E-state index contributed by atoms with van der Waals surface area (Å²) in [4.78, 5) is 6.60. The Bertz CT molecular complexity index is 853. The van der Waals surface area contributed by atoms with Gasteiger partial charge < -0.3 is 4.90 Å². The Kier molecular flexibility index (Phi) is 2.25. The van der Waals surface area contributed by atoms with E-state index in [-0.39, 0.29) is 0 Å². The Morgan fingerprint density at radius 2 is 2.10 bits per heavy atom. The monoisotopic (exact) mass is 265 g/mol. The number of terminal acetylenes is 1. The maximum absolute atomic E-state index is 12.9. The molecule has 0 spiro atoms. The highest BCUT2D eigenvalue weighted by atomic mass is 19.1. The Balaban J connectivity index is 1.86. The second-order valence-corrected chi connectivity index (χ2v) is 5.08. The minimum absolute atomic E-state index is 0.470. The first-order chi connectivity index (χ1) is 9.74. The molecule has 0 unspecified atom stereocenters. The Hall–Kier alpha value is -2.54. The van der Waals surface area contributed by atoms with Crippen molar-refractivity contribution < 1.29 is 4.39 Å². The van der Waals surface area contributed by atoms with E-state index in [4.69, 9.17) is 6.42 Å². The van der Waals surface area contributed by atoms with Crippen LogP contribution in [0.2, 0.25) is 0 Å². The summed E-state index contributed by atoms with van der Waals surface area (Å²) in [6.07, 6.45) is 6.68. The maximum atomic E-state index is 12.9. The molecule has 1 saturated heterocycles. The molecule has 98 valence electrons. The number of benzene rings is 1. The van der Waals surface area contributed by atoms with Crippen LogP contribution in [0.5, 0.6) is 0 Å². The van der Waals surface area contributed by atoms with Crippen LogP contribution < -0.4 is 4.90 Å². The average Bonchev–Trinajstić information content (AvgIpc) is 2.80. The lowest BCUT2D eigenvalue weighted by Gasteiger charge is -2.36. The van der Waals surface area contributed by atoms with E-state index < -0.39 is 6.17 Å². The molecule has 1 aliphatic heterocycles. The van der Waals surface area contributed by atoms with Crippen molar-refractivity contribution >= 4 is 22.4 Å². The number of rotatable bonds is 1. The molecule has 3 aromatic rings. The van der Waals surface area contributed by atoms with Crippen molar-refractivity contribution in [1.82, 2.24) is 9.38 Å². The molecule has 0 bridgehead atoms. The van der Waals surface area contributed by atoms with Crippen molar-refractivity contribution in [3.05, 3.63) is 42.1 Å². The van der Waals surface area contributed by atoms with Crippen molar-refractivity contribution in [2.24, 2.45) is 0 Å². The summed E-state index contributed by atoms with van der Waals surface area (Å²) in [6, 6.07) is 9.78. The highest BCUT2D eigenvalue weighted by Crippen LogP contribution is 2.26. The van der Waals surface area contributed by atoms with Gasteiger partial charge in [0.25, 0.3) is 0 Å². The fourth-order valence-corrected chi connectivity index (χ4v) is 2.63. The van der Waals surface area contributed by atoms with Gasteiger partial charge in [0, 0.05) is 23.5 Å². The SMILES string of the molecule is C#Cc1ccc2c(c1)nc1cc(N3CC(F)C3)ccn12. The van der Waals surface area contributed by atoms with Crippen molar-refractivity contribution in [3.8, 4) is 12.3 Å². The molecule has 3 heterocycles. The van der Waals surface area contributed by atoms with Crippen molar-refractivity contribution in [2.75, 3.05) is 18.0 Å². The van der Waals surface area contributed by atoms with E-state index in [1.807, 2.05) is 45.8 Å². The minimum Gasteiger partial charge on any atom is -0.365 e. The third-order valence-electron chi connectivity index (χ3n) is 3.76. The van der Waals surface area contributed by atoms with Crippen molar-refractivity contribution in [3.63, 3.8) is 0 Å². The fraction of sp³-hybridized carbons (Fsp3) is 0.188. The summed E-state index contributed by atoms with van der Waals surface area (Å²) in [5.74, 6) is 2.62. The highest BCUT2D eigenvalue weighted by Gasteiger charge is 2.26. The average molecular weight is 265 g/mol. The van der Waals surface area contributed by atoms with Gasteiger partial charge in [0.2, 0.25) is 0 Å². The summed E-state index contributed by atoms with van der Waals surface area (Å²) in [5, 5.41) is 0. The van der Waals surface area contributed by atoms with Crippen LogP contribution in [0.1, 0.15) is 5.56 Å². The number of aromatic nitrogens is 2. The Morgan fingerprint density at radius 1 is 1.25 bits per heavy atom. The molecule has 0 saturated carbocycles. The minimum atomic E-state index is -0.705. The van der Waals surface area contributed by atoms with Crippen LogP contribution in [0.25, 0.3) is 16.7 Å². The first-order valence-electron chi connectivity index (χ1n) is 6.52. The molecule has 0 amide bonds. The molecule has 0 aliphatic carbocycles. The standard InChI is InChI=1S/C16H12FN3/c1-2-11-3-4-15-14(7-11)18-16-8-13(5-6-20(15)16)19-9-12(17)10-19/h1,3-8,12H,9-10H2. The number of pyridine rings is 1. The number of anilines is 1. The lowest BCUT2D eigenvalue weighted by Crippen LogP contribution is -2.48. The maximum Gasteiger partial charge on any atom is 0.139 e. The van der Waals surface area contributed by atoms with Crippen LogP contribution in [0.3, 0.4) is 0 Å². The van der Waals surface area contributed by atoms with E-state index >= 15 is 0 Å². The lowest BCUT2D eigenvalue weighted by atomic mass is 10.1. The number of imidazole rings is 1. The van der Waals surface area contributed by atoms with E-state index in [1.54, 1.807) is 0 Å². The zero-order chi connectivity index (χ0) is 13.7. The van der Waals surface area contributed by atoms with Gasteiger partial charge >= 0.3 is 0 Å². The molecular weight excluding hydrogens is 253 g/mol. The normalized spacial score (nSPS) is 15.5. The molecule has 2 aromatic heterocycles. The van der Waals surface area contributed by atoms with Crippen LogP contribution in [-0.2, 0) is 0 Å². The molecular formula is C16H12FN3. The third kappa shape index (κ3) is 1.56. The Labute approximate surface area is 115 Å². The van der Waals surface area contributed by atoms with Crippen LogP contribution in [-0.4, -0.2) is 28.6 Å². The van der Waals surface area contributed by atoms with E-state index in [0.29, 0.717) is 13.1 Å². The number of hydrogen-bond acceptors (Lipinski definition) is 2. The Morgan fingerprint density at radius 3 is 2.85 bits per heavy atom. The van der Waals surface area contributed by atoms with Crippen LogP contribution in [0, 0.1) is 12.3 Å². The molecule has 3 nitrogen and oxygen atoms in total. The molecule has 4 rings (SSSR count). The van der Waals surface area contributed by atoms with Crippen molar-refractivity contribution in [2.45, 2.75) is 6.17 Å². The number of fused-ring (bicyclic) bond motifs is 3. The number of halogens is 1. The van der Waals surface area contributed by atoms with Gasteiger partial charge in [0.05, 0.1) is 24.1 Å². The van der Waals surface area contributed by atoms with Gasteiger partial charge in [-0.25, -0.2) is 9.37 Å². The summed E-state index contributed by atoms with van der Waals surface area (Å²) < 4.78 is 15.0. The van der Waals surface area contributed by atoms with Gasteiger partial charge in [0.15, 0.2) is 0 Å². The smallest absolute Gasteiger partial charge is 0.139 e. The second kappa shape index (κ2) is 3.97. The van der Waals surface area contributed by atoms with Gasteiger partial charge in [0.1, 0.15) is 11.8 Å². The van der Waals surface area contributed by atoms with Gasteiger partial charge in [-0.1, -0.05) is 5.92 Å². The molecule has 4 heteroatoms. The molecule has 0 N–H and O–H groups in total.